The highest BCUT2D eigenvalue weighted by molar-refractivity contribution is 5.17. The number of hydrogen-bond donors (Lipinski definition) is 0. The normalized spacial score (nSPS) is 47.4. The molecule has 0 radical (unpaired) electrons. The highest BCUT2D eigenvalue weighted by Crippen LogP contribution is 2.67. The first kappa shape index (κ1) is 20.0. The first-order chi connectivity index (χ1) is 12.9. The molecule has 0 amide bonds. The molecule has 0 N–H and O–H groups in total. The second-order valence-electron chi connectivity index (χ2n) is 12.1. The summed E-state index contributed by atoms with van der Waals surface area (Å²) in [5.74, 6) is 6.54. The highest BCUT2D eigenvalue weighted by atomic mass is 14.6. The SMILES string of the molecule is CC(C)CCC[C@@H](C)C1CC[C@H]2C3C=CC4CCCCC4(C)[C@H]3CCC12C. The average Bonchev–Trinajstić information content (AvgIpc) is 2.98. The minimum atomic E-state index is 0.625. The van der Waals surface area contributed by atoms with E-state index in [2.05, 4.69) is 46.8 Å². The molecule has 8 atom stereocenters. The monoisotopic (exact) mass is 370 g/mol. The van der Waals surface area contributed by atoms with Crippen LogP contribution in [0, 0.1) is 52.3 Å². The van der Waals surface area contributed by atoms with Crippen molar-refractivity contribution in [2.75, 3.05) is 0 Å². The van der Waals surface area contributed by atoms with Crippen molar-refractivity contribution in [1.29, 1.82) is 0 Å². The van der Waals surface area contributed by atoms with Crippen LogP contribution < -0.4 is 0 Å². The predicted octanol–water partition coefficient (Wildman–Crippen LogP) is 8.27. The molecule has 0 heteroatoms. The van der Waals surface area contributed by atoms with Crippen molar-refractivity contribution in [1.82, 2.24) is 0 Å². The Morgan fingerprint density at radius 3 is 2.37 bits per heavy atom. The molecule has 0 aromatic carbocycles. The molecule has 4 aliphatic rings. The molecule has 0 aromatic rings. The van der Waals surface area contributed by atoms with Gasteiger partial charge in [-0.15, -0.1) is 0 Å². The number of rotatable bonds is 5. The Kier molecular flexibility index (Phi) is 5.59. The van der Waals surface area contributed by atoms with Gasteiger partial charge in [0, 0.05) is 0 Å². The van der Waals surface area contributed by atoms with Crippen LogP contribution in [0.1, 0.15) is 105 Å². The van der Waals surface area contributed by atoms with E-state index in [9.17, 15) is 0 Å². The minimum absolute atomic E-state index is 0.625. The molecule has 5 unspecified atom stereocenters. The van der Waals surface area contributed by atoms with Crippen LogP contribution in [-0.2, 0) is 0 Å². The van der Waals surface area contributed by atoms with Crippen molar-refractivity contribution in [2.45, 2.75) is 105 Å². The second kappa shape index (κ2) is 7.53. The Morgan fingerprint density at radius 1 is 0.815 bits per heavy atom. The van der Waals surface area contributed by atoms with Gasteiger partial charge in [0.25, 0.3) is 0 Å². The highest BCUT2D eigenvalue weighted by Gasteiger charge is 2.58. The van der Waals surface area contributed by atoms with E-state index in [0.29, 0.717) is 10.8 Å². The molecule has 154 valence electrons. The van der Waals surface area contributed by atoms with Gasteiger partial charge in [-0.2, -0.15) is 0 Å². The molecule has 0 saturated heterocycles. The molecule has 4 rings (SSSR count). The van der Waals surface area contributed by atoms with Gasteiger partial charge in [-0.1, -0.05) is 78.9 Å². The molecule has 0 aliphatic heterocycles. The van der Waals surface area contributed by atoms with Crippen molar-refractivity contribution in [3.05, 3.63) is 12.2 Å². The molecule has 0 spiro atoms. The lowest BCUT2D eigenvalue weighted by molar-refractivity contribution is -0.0644. The van der Waals surface area contributed by atoms with Crippen molar-refractivity contribution in [3.8, 4) is 0 Å². The quantitative estimate of drug-likeness (QED) is 0.427. The maximum atomic E-state index is 2.75. The largest absolute Gasteiger partial charge is 0.0846 e. The first-order valence-electron chi connectivity index (χ1n) is 12.5. The Labute approximate surface area is 170 Å². The fraction of sp³-hybridized carbons (Fsp3) is 0.926. The molecule has 3 saturated carbocycles. The Bertz CT molecular complexity index is 544. The molecule has 0 heterocycles. The Morgan fingerprint density at radius 2 is 1.59 bits per heavy atom. The summed E-state index contributed by atoms with van der Waals surface area (Å²) in [5, 5.41) is 0. The van der Waals surface area contributed by atoms with Crippen LogP contribution in [-0.4, -0.2) is 0 Å². The predicted molar refractivity (Wildman–Crippen MR) is 118 cm³/mol. The van der Waals surface area contributed by atoms with Gasteiger partial charge < -0.3 is 0 Å². The summed E-state index contributed by atoms with van der Waals surface area (Å²) in [6, 6.07) is 0. The number of hydrogen-bond acceptors (Lipinski definition) is 0. The molecule has 3 fully saturated rings. The van der Waals surface area contributed by atoms with Crippen molar-refractivity contribution >= 4 is 0 Å². The van der Waals surface area contributed by atoms with Crippen molar-refractivity contribution in [3.63, 3.8) is 0 Å². The third-order valence-electron chi connectivity index (χ3n) is 10.3. The lowest BCUT2D eigenvalue weighted by atomic mass is 9.46. The molecule has 0 nitrogen and oxygen atoms in total. The summed E-state index contributed by atoms with van der Waals surface area (Å²) in [4.78, 5) is 0. The van der Waals surface area contributed by atoms with E-state index in [0.717, 1.165) is 41.4 Å². The zero-order valence-corrected chi connectivity index (χ0v) is 19.0. The molecular formula is C27H46. The van der Waals surface area contributed by atoms with Gasteiger partial charge in [0.15, 0.2) is 0 Å². The van der Waals surface area contributed by atoms with E-state index < -0.39 is 0 Å². The average molecular weight is 371 g/mol. The van der Waals surface area contributed by atoms with Gasteiger partial charge in [-0.05, 0) is 90.8 Å². The van der Waals surface area contributed by atoms with Crippen LogP contribution in [0.2, 0.25) is 0 Å². The molecule has 4 aliphatic carbocycles. The third-order valence-corrected chi connectivity index (χ3v) is 10.3. The van der Waals surface area contributed by atoms with Gasteiger partial charge in [0.05, 0.1) is 0 Å². The summed E-state index contributed by atoms with van der Waals surface area (Å²) < 4.78 is 0. The Hall–Kier alpha value is -0.260. The molecular weight excluding hydrogens is 324 g/mol. The van der Waals surface area contributed by atoms with Gasteiger partial charge in [0.2, 0.25) is 0 Å². The van der Waals surface area contributed by atoms with Crippen molar-refractivity contribution < 1.29 is 0 Å². The molecule has 27 heavy (non-hydrogen) atoms. The van der Waals surface area contributed by atoms with E-state index in [1.807, 2.05) is 0 Å². The summed E-state index contributed by atoms with van der Waals surface area (Å²) in [6.45, 7) is 12.8. The minimum Gasteiger partial charge on any atom is -0.0846 e. The number of fused-ring (bicyclic) bond motifs is 5. The van der Waals surface area contributed by atoms with Gasteiger partial charge >= 0.3 is 0 Å². The van der Waals surface area contributed by atoms with Gasteiger partial charge in [-0.3, -0.25) is 0 Å². The van der Waals surface area contributed by atoms with Gasteiger partial charge in [0.1, 0.15) is 0 Å². The lowest BCUT2D eigenvalue weighted by Gasteiger charge is -2.58. The van der Waals surface area contributed by atoms with E-state index in [1.165, 1.54) is 70.6 Å². The van der Waals surface area contributed by atoms with Crippen LogP contribution in [0.25, 0.3) is 0 Å². The summed E-state index contributed by atoms with van der Waals surface area (Å²) in [7, 11) is 0. The van der Waals surface area contributed by atoms with E-state index in [1.54, 1.807) is 0 Å². The second-order valence-corrected chi connectivity index (χ2v) is 12.1. The fourth-order valence-corrected chi connectivity index (χ4v) is 8.68. The van der Waals surface area contributed by atoms with Crippen LogP contribution in [0.15, 0.2) is 12.2 Å². The maximum Gasteiger partial charge on any atom is -0.0166 e. The van der Waals surface area contributed by atoms with Crippen molar-refractivity contribution in [2.24, 2.45) is 52.3 Å². The fourth-order valence-electron chi connectivity index (χ4n) is 8.68. The van der Waals surface area contributed by atoms with Crippen LogP contribution in [0.5, 0.6) is 0 Å². The molecule has 0 aromatic heterocycles. The number of allylic oxidation sites excluding steroid dienone is 2. The van der Waals surface area contributed by atoms with Crippen LogP contribution in [0.3, 0.4) is 0 Å². The summed E-state index contributed by atoms with van der Waals surface area (Å²) >= 11 is 0. The van der Waals surface area contributed by atoms with Crippen LogP contribution in [0.4, 0.5) is 0 Å². The topological polar surface area (TPSA) is 0 Å². The summed E-state index contributed by atoms with van der Waals surface area (Å²) in [5.41, 5.74) is 1.25. The smallest absolute Gasteiger partial charge is 0.0166 e. The van der Waals surface area contributed by atoms with E-state index in [-0.39, 0.29) is 0 Å². The third kappa shape index (κ3) is 3.36. The molecule has 0 bridgehead atoms. The first-order valence-corrected chi connectivity index (χ1v) is 12.5. The van der Waals surface area contributed by atoms with Crippen LogP contribution >= 0.6 is 0 Å². The van der Waals surface area contributed by atoms with E-state index >= 15 is 0 Å². The lowest BCUT2D eigenvalue weighted by Crippen LogP contribution is -2.51. The summed E-state index contributed by atoms with van der Waals surface area (Å²) in [6.07, 6.45) is 21.8. The zero-order chi connectivity index (χ0) is 19.2. The zero-order valence-electron chi connectivity index (χ0n) is 19.0. The maximum absolute atomic E-state index is 2.75. The van der Waals surface area contributed by atoms with E-state index in [4.69, 9.17) is 0 Å². The Balaban J connectivity index is 1.49. The van der Waals surface area contributed by atoms with Gasteiger partial charge in [-0.25, -0.2) is 0 Å². The standard InChI is InChI=1S/C27H46/c1-19(2)9-8-10-20(3)23-14-15-24-22-13-12-21-11-6-7-17-26(21,4)25(22)16-18-27(23,24)5/h12-13,19-25H,6-11,14-18H2,1-5H3/t20-,21?,22?,23?,24+,25+,26?,27?/m1/s1.